The molecule has 0 saturated carbocycles. The molecule has 128 valence electrons. The van der Waals surface area contributed by atoms with Crippen LogP contribution in [0.15, 0.2) is 40.9 Å². The summed E-state index contributed by atoms with van der Waals surface area (Å²) in [7, 11) is 0. The van der Waals surface area contributed by atoms with Crippen LogP contribution < -0.4 is 10.6 Å². The SMILES string of the molecule is CC[C@@H](NCC(=O)Nc1c(C)cc(C)cc1Cl)c1ccc(Br)cc1. The maximum atomic E-state index is 12.3. The van der Waals surface area contributed by atoms with Gasteiger partial charge in [0.05, 0.1) is 17.3 Å². The van der Waals surface area contributed by atoms with Gasteiger partial charge in [0.25, 0.3) is 0 Å². The molecule has 0 aliphatic carbocycles. The van der Waals surface area contributed by atoms with Gasteiger partial charge in [-0.05, 0) is 55.2 Å². The number of hydrogen-bond acceptors (Lipinski definition) is 2. The molecule has 2 aromatic rings. The number of carbonyl (C=O) groups excluding carboxylic acids is 1. The van der Waals surface area contributed by atoms with Gasteiger partial charge in [0.2, 0.25) is 5.91 Å². The Kier molecular flexibility index (Phi) is 6.84. The molecule has 24 heavy (non-hydrogen) atoms. The van der Waals surface area contributed by atoms with Crippen LogP contribution in [0.25, 0.3) is 0 Å². The third kappa shape index (κ3) is 5.07. The van der Waals surface area contributed by atoms with Crippen molar-refractivity contribution >= 4 is 39.1 Å². The zero-order chi connectivity index (χ0) is 17.7. The number of amides is 1. The van der Waals surface area contributed by atoms with Gasteiger partial charge in [-0.1, -0.05) is 52.7 Å². The Morgan fingerprint density at radius 3 is 2.46 bits per heavy atom. The summed E-state index contributed by atoms with van der Waals surface area (Å²) >= 11 is 9.68. The molecule has 0 radical (unpaired) electrons. The van der Waals surface area contributed by atoms with E-state index >= 15 is 0 Å². The van der Waals surface area contributed by atoms with E-state index in [0.29, 0.717) is 10.7 Å². The molecular weight excluding hydrogens is 388 g/mol. The van der Waals surface area contributed by atoms with Crippen LogP contribution in [0.2, 0.25) is 5.02 Å². The van der Waals surface area contributed by atoms with E-state index in [4.69, 9.17) is 11.6 Å². The maximum absolute atomic E-state index is 12.3. The minimum absolute atomic E-state index is 0.0978. The summed E-state index contributed by atoms with van der Waals surface area (Å²) in [6.07, 6.45) is 0.902. The molecule has 0 saturated heterocycles. The standard InChI is InChI=1S/C19H22BrClN2O/c1-4-17(14-5-7-15(20)8-6-14)22-11-18(24)23-19-13(3)9-12(2)10-16(19)21/h5-10,17,22H,4,11H2,1-3H3,(H,23,24)/t17-/m1/s1. The Morgan fingerprint density at radius 2 is 1.88 bits per heavy atom. The molecule has 2 N–H and O–H groups in total. The van der Waals surface area contributed by atoms with E-state index in [1.165, 1.54) is 0 Å². The number of aryl methyl sites for hydroxylation is 2. The van der Waals surface area contributed by atoms with Crippen molar-refractivity contribution in [3.8, 4) is 0 Å². The third-order valence-corrected chi connectivity index (χ3v) is 4.71. The second-order valence-corrected chi connectivity index (χ2v) is 7.20. The van der Waals surface area contributed by atoms with Crippen molar-refractivity contribution in [1.29, 1.82) is 0 Å². The number of anilines is 1. The van der Waals surface area contributed by atoms with Gasteiger partial charge in [0.15, 0.2) is 0 Å². The maximum Gasteiger partial charge on any atom is 0.238 e. The molecule has 3 nitrogen and oxygen atoms in total. The van der Waals surface area contributed by atoms with Crippen molar-refractivity contribution in [3.05, 3.63) is 62.6 Å². The molecule has 2 rings (SSSR count). The Bertz CT molecular complexity index is 693. The summed E-state index contributed by atoms with van der Waals surface area (Å²) in [6, 6.07) is 12.1. The molecule has 0 aliphatic rings. The topological polar surface area (TPSA) is 41.1 Å². The van der Waals surface area contributed by atoms with Crippen LogP contribution in [0.1, 0.15) is 36.1 Å². The minimum atomic E-state index is -0.0978. The summed E-state index contributed by atoms with van der Waals surface area (Å²) in [5.41, 5.74) is 3.90. The van der Waals surface area contributed by atoms with Crippen molar-refractivity contribution < 1.29 is 4.79 Å². The first-order valence-corrected chi connectivity index (χ1v) is 9.13. The number of halogens is 2. The van der Waals surface area contributed by atoms with Crippen molar-refractivity contribution in [3.63, 3.8) is 0 Å². The smallest absolute Gasteiger partial charge is 0.238 e. The molecule has 0 bridgehead atoms. The average molecular weight is 410 g/mol. The molecule has 2 aromatic carbocycles. The van der Waals surface area contributed by atoms with E-state index in [1.807, 2.05) is 38.1 Å². The van der Waals surface area contributed by atoms with E-state index in [1.54, 1.807) is 0 Å². The second-order valence-electron chi connectivity index (χ2n) is 5.88. The number of hydrogen-bond donors (Lipinski definition) is 2. The fourth-order valence-electron chi connectivity index (χ4n) is 2.67. The van der Waals surface area contributed by atoms with Gasteiger partial charge in [0.1, 0.15) is 0 Å². The molecule has 0 spiro atoms. The molecule has 0 heterocycles. The van der Waals surface area contributed by atoms with Crippen LogP contribution in [-0.2, 0) is 4.79 Å². The Balaban J connectivity index is 1.98. The Morgan fingerprint density at radius 1 is 1.21 bits per heavy atom. The number of benzene rings is 2. The monoisotopic (exact) mass is 408 g/mol. The van der Waals surface area contributed by atoms with Gasteiger partial charge in [-0.3, -0.25) is 4.79 Å². The first-order valence-electron chi connectivity index (χ1n) is 7.96. The zero-order valence-electron chi connectivity index (χ0n) is 14.1. The second kappa shape index (κ2) is 8.65. The van der Waals surface area contributed by atoms with Crippen molar-refractivity contribution in [2.75, 3.05) is 11.9 Å². The van der Waals surface area contributed by atoms with Gasteiger partial charge < -0.3 is 10.6 Å². The minimum Gasteiger partial charge on any atom is -0.323 e. The predicted octanol–water partition coefficient (Wildman–Crippen LogP) is 5.40. The molecule has 0 fully saturated rings. The fourth-order valence-corrected chi connectivity index (χ4v) is 3.30. The first-order chi connectivity index (χ1) is 11.4. The van der Waals surface area contributed by atoms with Crippen molar-refractivity contribution in [1.82, 2.24) is 5.32 Å². The summed E-state index contributed by atoms with van der Waals surface area (Å²) in [5, 5.41) is 6.78. The molecule has 5 heteroatoms. The summed E-state index contributed by atoms with van der Waals surface area (Å²) in [6.45, 7) is 6.26. The highest BCUT2D eigenvalue weighted by atomic mass is 79.9. The van der Waals surface area contributed by atoms with Gasteiger partial charge in [-0.2, -0.15) is 0 Å². The van der Waals surface area contributed by atoms with Crippen LogP contribution in [-0.4, -0.2) is 12.5 Å². The molecule has 0 aromatic heterocycles. The van der Waals surface area contributed by atoms with Crippen LogP contribution in [0.3, 0.4) is 0 Å². The van der Waals surface area contributed by atoms with E-state index in [2.05, 4.69) is 45.6 Å². The first kappa shape index (κ1) is 19.0. The van der Waals surface area contributed by atoms with E-state index < -0.39 is 0 Å². The highest BCUT2D eigenvalue weighted by molar-refractivity contribution is 9.10. The summed E-state index contributed by atoms with van der Waals surface area (Å²) < 4.78 is 1.04. The molecule has 1 atom stereocenters. The molecule has 1 amide bonds. The quantitative estimate of drug-likeness (QED) is 0.671. The number of carbonyl (C=O) groups is 1. The van der Waals surface area contributed by atoms with E-state index in [0.717, 1.165) is 27.6 Å². The van der Waals surface area contributed by atoms with E-state index in [-0.39, 0.29) is 18.5 Å². The van der Waals surface area contributed by atoms with Crippen LogP contribution in [0.5, 0.6) is 0 Å². The lowest BCUT2D eigenvalue weighted by Gasteiger charge is -2.18. The molecular formula is C19H22BrClN2O. The Labute approximate surface area is 156 Å². The van der Waals surface area contributed by atoms with Crippen molar-refractivity contribution in [2.45, 2.75) is 33.2 Å². The number of rotatable bonds is 6. The lowest BCUT2D eigenvalue weighted by Crippen LogP contribution is -2.31. The van der Waals surface area contributed by atoms with Crippen LogP contribution in [0, 0.1) is 13.8 Å². The fraction of sp³-hybridized carbons (Fsp3) is 0.316. The van der Waals surface area contributed by atoms with Gasteiger partial charge in [-0.15, -0.1) is 0 Å². The largest absolute Gasteiger partial charge is 0.323 e. The summed E-state index contributed by atoms with van der Waals surface area (Å²) in [5.74, 6) is -0.0978. The average Bonchev–Trinajstić information content (AvgIpc) is 2.53. The predicted molar refractivity (Wildman–Crippen MR) is 105 cm³/mol. The number of nitrogens with one attached hydrogen (secondary N) is 2. The lowest BCUT2D eigenvalue weighted by molar-refractivity contribution is -0.115. The highest BCUT2D eigenvalue weighted by Gasteiger charge is 2.13. The summed E-state index contributed by atoms with van der Waals surface area (Å²) in [4.78, 5) is 12.3. The Hall–Kier alpha value is -1.36. The van der Waals surface area contributed by atoms with Crippen LogP contribution in [0.4, 0.5) is 5.69 Å². The molecule has 0 aliphatic heterocycles. The van der Waals surface area contributed by atoms with Crippen molar-refractivity contribution in [2.24, 2.45) is 0 Å². The van der Waals surface area contributed by atoms with E-state index in [9.17, 15) is 4.79 Å². The van der Waals surface area contributed by atoms with Gasteiger partial charge >= 0.3 is 0 Å². The third-order valence-electron chi connectivity index (χ3n) is 3.89. The normalized spacial score (nSPS) is 12.0. The van der Waals surface area contributed by atoms with Gasteiger partial charge in [-0.25, -0.2) is 0 Å². The van der Waals surface area contributed by atoms with Gasteiger partial charge in [0, 0.05) is 10.5 Å². The molecule has 0 unspecified atom stereocenters. The lowest BCUT2D eigenvalue weighted by atomic mass is 10.0. The van der Waals surface area contributed by atoms with Crippen LogP contribution >= 0.6 is 27.5 Å². The zero-order valence-corrected chi connectivity index (χ0v) is 16.5. The highest BCUT2D eigenvalue weighted by Crippen LogP contribution is 2.27.